The number of carbonyl (C=O) groups excluding carboxylic acids is 1. The van der Waals surface area contributed by atoms with Crippen molar-refractivity contribution >= 4 is 54.6 Å². The van der Waals surface area contributed by atoms with Gasteiger partial charge < -0.3 is 4.74 Å². The molecule has 0 atom stereocenters. The highest BCUT2D eigenvalue weighted by molar-refractivity contribution is 7.90. The summed E-state index contributed by atoms with van der Waals surface area (Å²) in [6.07, 6.45) is 0. The van der Waals surface area contributed by atoms with Crippen molar-refractivity contribution in [2.24, 2.45) is 0 Å². The Morgan fingerprint density at radius 2 is 1.84 bits per heavy atom. The Bertz CT molecular complexity index is 1360. The van der Waals surface area contributed by atoms with Gasteiger partial charge in [-0.3, -0.25) is 4.90 Å². The lowest BCUT2D eigenvalue weighted by molar-refractivity contribution is 0.245. The van der Waals surface area contributed by atoms with Crippen LogP contribution < -0.4 is 14.4 Å². The maximum Gasteiger partial charge on any atom is 0.336 e. The number of hydrogen-bond donors (Lipinski definition) is 1. The number of nitrogens with zero attached hydrogens (tertiary/aromatic N) is 1. The van der Waals surface area contributed by atoms with Crippen LogP contribution in [0.15, 0.2) is 47.4 Å². The van der Waals surface area contributed by atoms with Crippen LogP contribution in [0.3, 0.4) is 0 Å². The molecule has 0 spiro atoms. The molecule has 0 unspecified atom stereocenters. The molecule has 2 aromatic carbocycles. The van der Waals surface area contributed by atoms with E-state index in [9.17, 15) is 13.2 Å². The molecule has 6 nitrogen and oxygen atoms in total. The number of hydrogen-bond acceptors (Lipinski definition) is 7. The maximum atomic E-state index is 13.4. The zero-order chi connectivity index (χ0) is 23.3. The van der Waals surface area contributed by atoms with E-state index in [-0.39, 0.29) is 4.90 Å². The summed E-state index contributed by atoms with van der Waals surface area (Å²) in [6, 6.07) is 11.0. The second-order valence-corrected chi connectivity index (χ2v) is 12.4. The second-order valence-electron chi connectivity index (χ2n) is 7.89. The summed E-state index contributed by atoms with van der Waals surface area (Å²) >= 11 is 5.60. The van der Waals surface area contributed by atoms with E-state index in [1.54, 1.807) is 24.3 Å². The number of nitrogens with one attached hydrogen (secondary N) is 1. The minimum atomic E-state index is -4.05. The Morgan fingerprint density at radius 1 is 1.16 bits per heavy atom. The Morgan fingerprint density at radius 3 is 2.50 bits per heavy atom. The summed E-state index contributed by atoms with van der Waals surface area (Å²) in [5, 5.41) is 0. The molecule has 0 radical (unpaired) electrons. The second kappa shape index (κ2) is 8.26. The van der Waals surface area contributed by atoms with Gasteiger partial charge in [-0.25, -0.2) is 17.9 Å². The van der Waals surface area contributed by atoms with E-state index in [1.165, 1.54) is 37.7 Å². The molecule has 0 saturated carbocycles. The minimum Gasteiger partial charge on any atom is -0.494 e. The summed E-state index contributed by atoms with van der Waals surface area (Å²) in [6.45, 7) is 8.05. The van der Waals surface area contributed by atoms with E-state index in [1.807, 2.05) is 33.8 Å². The Balaban J connectivity index is 1.81. The topological polar surface area (TPSA) is 75.7 Å². The van der Waals surface area contributed by atoms with Crippen molar-refractivity contribution in [3.05, 3.63) is 56.7 Å². The number of amides is 2. The number of rotatable bonds is 4. The molecule has 1 aliphatic rings. The van der Waals surface area contributed by atoms with Gasteiger partial charge in [-0.1, -0.05) is 50.6 Å². The van der Waals surface area contributed by atoms with Crippen LogP contribution in [0.5, 0.6) is 5.75 Å². The zero-order valence-electron chi connectivity index (χ0n) is 18.0. The first-order valence-electron chi connectivity index (χ1n) is 9.90. The summed E-state index contributed by atoms with van der Waals surface area (Å²) in [7, 11) is -1.07. The predicted octanol–water partition coefficient (Wildman–Crippen LogP) is 6.07. The van der Waals surface area contributed by atoms with Crippen molar-refractivity contribution in [2.45, 2.75) is 38.1 Å². The summed E-state index contributed by atoms with van der Waals surface area (Å²) in [5.41, 5.74) is 2.37. The molecule has 4 rings (SSSR count). The fourth-order valence-electron chi connectivity index (χ4n) is 3.77. The zero-order valence-corrected chi connectivity index (χ0v) is 21.2. The van der Waals surface area contributed by atoms with E-state index >= 15 is 0 Å². The third kappa shape index (κ3) is 3.85. The van der Waals surface area contributed by atoms with Crippen LogP contribution in [0.25, 0.3) is 11.1 Å². The molecular formula is C22H22N2O4S4. The van der Waals surface area contributed by atoms with Gasteiger partial charge in [0, 0.05) is 11.1 Å². The highest BCUT2D eigenvalue weighted by Crippen LogP contribution is 2.52. The molecule has 0 bridgehead atoms. The SMILES string of the molecule is CCOc1ccc2c(c1)-c1c(ssc1=S)C(C)(C)N2C(=O)NS(=O)(=O)c1ccc(C)cc1. The first-order valence-corrected chi connectivity index (χ1v) is 13.9. The van der Waals surface area contributed by atoms with Crippen molar-refractivity contribution in [2.75, 3.05) is 11.5 Å². The summed E-state index contributed by atoms with van der Waals surface area (Å²) in [4.78, 5) is 15.9. The van der Waals surface area contributed by atoms with Crippen molar-refractivity contribution < 1.29 is 17.9 Å². The molecule has 1 aromatic heterocycles. The molecule has 10 heteroatoms. The number of aryl methyl sites for hydroxylation is 1. The molecule has 0 fully saturated rings. The van der Waals surface area contributed by atoms with Gasteiger partial charge in [-0.2, -0.15) is 0 Å². The van der Waals surface area contributed by atoms with Crippen molar-refractivity contribution in [1.82, 2.24) is 4.72 Å². The van der Waals surface area contributed by atoms with Gasteiger partial charge in [0.05, 0.1) is 27.6 Å². The van der Waals surface area contributed by atoms with Crippen molar-refractivity contribution in [1.29, 1.82) is 0 Å². The molecule has 168 valence electrons. The summed E-state index contributed by atoms with van der Waals surface area (Å²) < 4.78 is 34.5. The van der Waals surface area contributed by atoms with E-state index in [0.717, 1.165) is 25.4 Å². The largest absolute Gasteiger partial charge is 0.494 e. The molecule has 32 heavy (non-hydrogen) atoms. The van der Waals surface area contributed by atoms with Crippen LogP contribution in [0.4, 0.5) is 10.5 Å². The molecular weight excluding hydrogens is 485 g/mol. The van der Waals surface area contributed by atoms with Crippen LogP contribution in [0, 0.1) is 10.7 Å². The molecule has 2 amide bonds. The van der Waals surface area contributed by atoms with Crippen LogP contribution in [0.1, 0.15) is 31.2 Å². The van der Waals surface area contributed by atoms with Gasteiger partial charge in [-0.05, 0) is 58.0 Å². The fourth-order valence-corrected chi connectivity index (χ4v) is 7.98. The Kier molecular flexibility index (Phi) is 5.91. The number of carbonyl (C=O) groups is 1. The lowest BCUT2D eigenvalue weighted by atomic mass is 9.88. The van der Waals surface area contributed by atoms with Crippen LogP contribution >= 0.6 is 32.9 Å². The van der Waals surface area contributed by atoms with Gasteiger partial charge in [0.1, 0.15) is 9.57 Å². The molecule has 3 aromatic rings. The van der Waals surface area contributed by atoms with Crippen molar-refractivity contribution in [3.8, 4) is 16.9 Å². The number of urea groups is 1. The smallest absolute Gasteiger partial charge is 0.336 e. The minimum absolute atomic E-state index is 0.0325. The predicted molar refractivity (Wildman–Crippen MR) is 132 cm³/mol. The maximum absolute atomic E-state index is 13.4. The molecule has 1 aliphatic heterocycles. The average molecular weight is 507 g/mol. The van der Waals surface area contributed by atoms with Gasteiger partial charge >= 0.3 is 6.03 Å². The monoisotopic (exact) mass is 506 g/mol. The Labute approximate surface area is 199 Å². The van der Waals surface area contributed by atoms with Crippen LogP contribution in [0.2, 0.25) is 0 Å². The van der Waals surface area contributed by atoms with Crippen molar-refractivity contribution in [3.63, 3.8) is 0 Å². The van der Waals surface area contributed by atoms with Gasteiger partial charge in [0.2, 0.25) is 0 Å². The molecule has 1 N–H and O–H groups in total. The summed E-state index contributed by atoms with van der Waals surface area (Å²) in [5.74, 6) is 0.662. The van der Waals surface area contributed by atoms with Crippen LogP contribution in [-0.2, 0) is 15.6 Å². The number of benzene rings is 2. The Hall–Kier alpha value is -2.27. The first-order chi connectivity index (χ1) is 15.1. The third-order valence-electron chi connectivity index (χ3n) is 5.29. The standard InChI is InChI=1S/C22H22N2O4S4/c1-5-28-14-8-11-17-16(12-14)18-19(30-31-20(18)29)22(3,4)24(17)21(25)23-32(26,27)15-9-6-13(2)7-10-15/h6-12H,5H2,1-4H3,(H,23,25). The number of ether oxygens (including phenoxy) is 1. The lowest BCUT2D eigenvalue weighted by Gasteiger charge is -2.42. The van der Waals surface area contributed by atoms with E-state index in [0.29, 0.717) is 18.0 Å². The quantitative estimate of drug-likeness (QED) is 0.343. The highest BCUT2D eigenvalue weighted by atomic mass is 32.9. The highest BCUT2D eigenvalue weighted by Gasteiger charge is 2.44. The number of anilines is 1. The molecule has 2 heterocycles. The molecule has 0 saturated heterocycles. The van der Waals surface area contributed by atoms with Crippen LogP contribution in [-0.4, -0.2) is 21.1 Å². The number of fused-ring (bicyclic) bond motifs is 3. The van der Waals surface area contributed by atoms with E-state index in [2.05, 4.69) is 4.72 Å². The van der Waals surface area contributed by atoms with Gasteiger partial charge in [-0.15, -0.1) is 0 Å². The normalized spacial score (nSPS) is 14.4. The number of sulfonamides is 1. The van der Waals surface area contributed by atoms with Gasteiger partial charge in [0.25, 0.3) is 10.0 Å². The average Bonchev–Trinajstić information content (AvgIpc) is 3.11. The van der Waals surface area contributed by atoms with E-state index in [4.69, 9.17) is 17.0 Å². The fraction of sp³-hybridized carbons (Fsp3) is 0.273. The first kappa shape index (κ1) is 22.9. The molecule has 0 aliphatic carbocycles. The van der Waals surface area contributed by atoms with Gasteiger partial charge in [0.15, 0.2) is 0 Å². The van der Waals surface area contributed by atoms with E-state index < -0.39 is 21.6 Å². The lowest BCUT2D eigenvalue weighted by Crippen LogP contribution is -2.53. The third-order valence-corrected chi connectivity index (χ3v) is 9.96.